The van der Waals surface area contributed by atoms with Crippen molar-refractivity contribution < 1.29 is 13.6 Å². The average Bonchev–Trinajstić information content (AvgIpc) is 3.16. The molecule has 0 radical (unpaired) electrons. The minimum absolute atomic E-state index is 0.103. The molecule has 0 aliphatic carbocycles. The number of carbonyl (C=O) groups is 1. The van der Waals surface area contributed by atoms with E-state index >= 15 is 0 Å². The second kappa shape index (κ2) is 10.6. The number of aliphatic imine (C=N–C) groups is 1. The molecule has 30 heavy (non-hydrogen) atoms. The van der Waals surface area contributed by atoms with Gasteiger partial charge in [0, 0.05) is 51.3 Å². The van der Waals surface area contributed by atoms with Gasteiger partial charge in [0.25, 0.3) is 0 Å². The number of carbonyl (C=O) groups excluding carboxylic acids is 1. The number of hydrogen-bond donors (Lipinski definition) is 2. The first-order valence-electron chi connectivity index (χ1n) is 11.0. The molecule has 0 bridgehead atoms. The van der Waals surface area contributed by atoms with Gasteiger partial charge in [0.1, 0.15) is 11.6 Å². The lowest BCUT2D eigenvalue weighted by Crippen LogP contribution is -2.45. The Morgan fingerprint density at radius 2 is 2.07 bits per heavy atom. The van der Waals surface area contributed by atoms with Gasteiger partial charge in [-0.15, -0.1) is 0 Å². The Hall–Kier alpha value is -2.38. The van der Waals surface area contributed by atoms with Gasteiger partial charge in [0.15, 0.2) is 5.96 Å². The number of nitrogens with one attached hydrogen (secondary N) is 2. The van der Waals surface area contributed by atoms with Gasteiger partial charge < -0.3 is 20.4 Å². The molecule has 3 rings (SSSR count). The highest BCUT2D eigenvalue weighted by Gasteiger charge is 2.25. The van der Waals surface area contributed by atoms with Gasteiger partial charge in [0.05, 0.1) is 12.2 Å². The molecule has 2 aliphatic heterocycles. The Kier molecular flexibility index (Phi) is 7.87. The molecule has 2 fully saturated rings. The largest absolute Gasteiger partial charge is 0.367 e. The summed E-state index contributed by atoms with van der Waals surface area (Å²) in [6.07, 6.45) is 3.50. The second-order valence-electron chi connectivity index (χ2n) is 8.27. The van der Waals surface area contributed by atoms with Crippen LogP contribution in [0, 0.1) is 17.6 Å². The summed E-state index contributed by atoms with van der Waals surface area (Å²) in [4.78, 5) is 20.9. The van der Waals surface area contributed by atoms with Crippen molar-refractivity contribution >= 4 is 17.6 Å². The van der Waals surface area contributed by atoms with Crippen molar-refractivity contribution in [1.29, 1.82) is 0 Å². The van der Waals surface area contributed by atoms with E-state index in [4.69, 9.17) is 0 Å². The number of piperidine rings is 1. The molecule has 2 unspecified atom stereocenters. The van der Waals surface area contributed by atoms with Crippen molar-refractivity contribution in [3.63, 3.8) is 0 Å². The van der Waals surface area contributed by atoms with E-state index in [0.717, 1.165) is 32.0 Å². The van der Waals surface area contributed by atoms with Crippen LogP contribution in [0.15, 0.2) is 23.2 Å². The molecule has 1 aromatic carbocycles. The van der Waals surface area contributed by atoms with Crippen molar-refractivity contribution in [3.05, 3.63) is 29.8 Å². The molecule has 2 heterocycles. The number of nitrogens with zero attached hydrogens (tertiary/aromatic N) is 3. The molecule has 8 heteroatoms. The molecule has 0 aromatic heterocycles. The van der Waals surface area contributed by atoms with Crippen LogP contribution in [-0.4, -0.2) is 62.1 Å². The van der Waals surface area contributed by atoms with Crippen LogP contribution in [-0.2, 0) is 4.79 Å². The topological polar surface area (TPSA) is 60.0 Å². The number of guanidine groups is 1. The van der Waals surface area contributed by atoms with E-state index in [1.165, 1.54) is 18.6 Å². The lowest BCUT2D eigenvalue weighted by Gasteiger charge is -2.30. The predicted octanol–water partition coefficient (Wildman–Crippen LogP) is 2.75. The molecule has 2 N–H and O–H groups in total. The van der Waals surface area contributed by atoms with Gasteiger partial charge in [-0.25, -0.2) is 8.78 Å². The summed E-state index contributed by atoms with van der Waals surface area (Å²) < 4.78 is 27.2. The standard InChI is InChI=1S/C22H33F2N5O/c1-3-25-22(26-10-8-21(30)29-11-4-5-16(2)14-29)27-18-9-12-28(15-18)20-7-6-17(23)13-19(20)24/h6-7,13,16,18H,3-5,8-12,14-15H2,1-2H3,(H2,25,26,27). The zero-order valence-corrected chi connectivity index (χ0v) is 18.0. The first-order valence-corrected chi connectivity index (χ1v) is 11.0. The number of anilines is 1. The second-order valence-corrected chi connectivity index (χ2v) is 8.27. The maximum atomic E-state index is 14.1. The van der Waals surface area contributed by atoms with Crippen molar-refractivity contribution in [1.82, 2.24) is 15.5 Å². The van der Waals surface area contributed by atoms with Crippen molar-refractivity contribution in [2.45, 2.75) is 45.6 Å². The molecule has 0 saturated carbocycles. The van der Waals surface area contributed by atoms with E-state index in [2.05, 4.69) is 22.5 Å². The van der Waals surface area contributed by atoms with E-state index < -0.39 is 11.6 Å². The molecular formula is C22H33F2N5O. The lowest BCUT2D eigenvalue weighted by atomic mass is 10.00. The van der Waals surface area contributed by atoms with Gasteiger partial charge in [-0.3, -0.25) is 9.79 Å². The van der Waals surface area contributed by atoms with Gasteiger partial charge in [-0.1, -0.05) is 6.92 Å². The first-order chi connectivity index (χ1) is 14.5. The first kappa shape index (κ1) is 22.3. The van der Waals surface area contributed by atoms with Crippen LogP contribution in [0.2, 0.25) is 0 Å². The molecular weight excluding hydrogens is 388 g/mol. The van der Waals surface area contributed by atoms with Crippen molar-refractivity contribution in [2.24, 2.45) is 10.9 Å². The summed E-state index contributed by atoms with van der Waals surface area (Å²) in [5, 5.41) is 6.60. The number of benzene rings is 1. The fraction of sp³-hybridized carbons (Fsp3) is 0.636. The molecule has 2 saturated heterocycles. The quantitative estimate of drug-likeness (QED) is 0.548. The Balaban J connectivity index is 1.50. The Bertz CT molecular complexity index is 757. The summed E-state index contributed by atoms with van der Waals surface area (Å²) in [6, 6.07) is 3.79. The van der Waals surface area contributed by atoms with E-state index in [9.17, 15) is 13.6 Å². The van der Waals surface area contributed by atoms with E-state index in [1.807, 2.05) is 16.7 Å². The number of amides is 1. The highest BCUT2D eigenvalue weighted by molar-refractivity contribution is 5.81. The minimum Gasteiger partial charge on any atom is -0.367 e. The zero-order valence-electron chi connectivity index (χ0n) is 18.0. The van der Waals surface area contributed by atoms with Gasteiger partial charge >= 0.3 is 0 Å². The van der Waals surface area contributed by atoms with Crippen LogP contribution < -0.4 is 15.5 Å². The molecule has 1 aromatic rings. The minimum atomic E-state index is -0.569. The Morgan fingerprint density at radius 1 is 1.23 bits per heavy atom. The van der Waals surface area contributed by atoms with Crippen LogP contribution in [0.5, 0.6) is 0 Å². The molecule has 0 spiro atoms. The van der Waals surface area contributed by atoms with Crippen LogP contribution in [0.3, 0.4) is 0 Å². The maximum Gasteiger partial charge on any atom is 0.224 e. The normalized spacial score (nSPS) is 22.3. The highest BCUT2D eigenvalue weighted by atomic mass is 19.1. The smallest absolute Gasteiger partial charge is 0.224 e. The number of rotatable bonds is 6. The summed E-state index contributed by atoms with van der Waals surface area (Å²) in [6.45, 7) is 8.32. The van der Waals surface area contributed by atoms with E-state index in [-0.39, 0.29) is 11.9 Å². The number of hydrogen-bond acceptors (Lipinski definition) is 3. The summed E-state index contributed by atoms with van der Waals surface area (Å²) in [5.41, 5.74) is 0.420. The Morgan fingerprint density at radius 3 is 2.80 bits per heavy atom. The third-order valence-corrected chi connectivity index (χ3v) is 5.73. The molecule has 2 atom stereocenters. The van der Waals surface area contributed by atoms with Gasteiger partial charge in [0.2, 0.25) is 5.91 Å². The molecule has 166 valence electrons. The fourth-order valence-electron chi connectivity index (χ4n) is 4.19. The number of likely N-dealkylation sites (tertiary alicyclic amines) is 1. The van der Waals surface area contributed by atoms with Crippen molar-refractivity contribution in [2.75, 3.05) is 44.2 Å². The SMILES string of the molecule is CCNC(=NCCC(=O)N1CCCC(C)C1)NC1CCN(c2ccc(F)cc2F)C1. The third kappa shape index (κ3) is 6.06. The van der Waals surface area contributed by atoms with Crippen LogP contribution in [0.1, 0.15) is 39.5 Å². The summed E-state index contributed by atoms with van der Waals surface area (Å²) in [5.74, 6) is 0.298. The van der Waals surface area contributed by atoms with Crippen molar-refractivity contribution in [3.8, 4) is 0 Å². The fourth-order valence-corrected chi connectivity index (χ4v) is 4.19. The van der Waals surface area contributed by atoms with Crippen LogP contribution in [0.4, 0.5) is 14.5 Å². The third-order valence-electron chi connectivity index (χ3n) is 5.73. The van der Waals surface area contributed by atoms with E-state index in [0.29, 0.717) is 50.2 Å². The lowest BCUT2D eigenvalue weighted by molar-refractivity contribution is -0.132. The van der Waals surface area contributed by atoms with Crippen LogP contribution in [0.25, 0.3) is 0 Å². The zero-order chi connectivity index (χ0) is 21.5. The maximum absolute atomic E-state index is 14.1. The van der Waals surface area contributed by atoms with Crippen LogP contribution >= 0.6 is 0 Å². The monoisotopic (exact) mass is 421 g/mol. The highest BCUT2D eigenvalue weighted by Crippen LogP contribution is 2.24. The molecule has 2 aliphatic rings. The summed E-state index contributed by atoms with van der Waals surface area (Å²) in [7, 11) is 0. The average molecular weight is 422 g/mol. The number of halogens is 2. The van der Waals surface area contributed by atoms with Gasteiger partial charge in [-0.2, -0.15) is 0 Å². The summed E-state index contributed by atoms with van der Waals surface area (Å²) >= 11 is 0. The Labute approximate surface area is 177 Å². The van der Waals surface area contributed by atoms with E-state index in [1.54, 1.807) is 0 Å². The van der Waals surface area contributed by atoms with Gasteiger partial charge in [-0.05, 0) is 44.2 Å². The predicted molar refractivity (Wildman–Crippen MR) is 116 cm³/mol. The molecule has 6 nitrogen and oxygen atoms in total. The molecule has 1 amide bonds.